The Kier molecular flexibility index (Phi) is 7.51. The lowest BCUT2D eigenvalue weighted by Crippen LogP contribution is -1.94. The first-order valence-corrected chi connectivity index (χ1v) is 5.53. The van der Waals surface area contributed by atoms with E-state index in [0.717, 1.165) is 12.8 Å². The maximum Gasteiger partial charge on any atom is 0.0433 e. The van der Waals surface area contributed by atoms with Crippen LogP contribution in [0, 0.1) is 0 Å². The van der Waals surface area contributed by atoms with Gasteiger partial charge in [-0.25, -0.2) is 0 Å². The van der Waals surface area contributed by atoms with E-state index < -0.39 is 0 Å². The Morgan fingerprint density at radius 3 is 2.64 bits per heavy atom. The number of hydrogen-bond donors (Lipinski definition) is 0. The van der Waals surface area contributed by atoms with Gasteiger partial charge in [-0.1, -0.05) is 47.8 Å². The van der Waals surface area contributed by atoms with Crippen molar-refractivity contribution in [3.63, 3.8) is 0 Å². The van der Waals surface area contributed by atoms with Crippen molar-refractivity contribution in [2.45, 2.75) is 37.9 Å². The van der Waals surface area contributed by atoms with Gasteiger partial charge in [0, 0.05) is 10.7 Å². The van der Waals surface area contributed by atoms with Gasteiger partial charge in [0.15, 0.2) is 0 Å². The van der Waals surface area contributed by atoms with Crippen LogP contribution in [0.5, 0.6) is 0 Å². The maximum atomic E-state index is 5.76. The molecule has 2 heteroatoms. The van der Waals surface area contributed by atoms with Crippen LogP contribution >= 0.6 is 27.5 Å². The molecule has 0 aliphatic carbocycles. The van der Waals surface area contributed by atoms with E-state index in [2.05, 4.69) is 35.9 Å². The summed E-state index contributed by atoms with van der Waals surface area (Å²) in [6.07, 6.45) is 5.69. The highest BCUT2D eigenvalue weighted by Gasteiger charge is 1.99. The Bertz CT molecular complexity index is 119. The van der Waals surface area contributed by atoms with Crippen LogP contribution < -0.4 is 0 Å². The number of unbranched alkanes of at least 4 members (excludes halogenated alkanes) is 1. The van der Waals surface area contributed by atoms with Gasteiger partial charge in [-0.05, 0) is 12.8 Å². The molecule has 0 aromatic heterocycles. The Hall–Kier alpha value is 0.510. The third-order valence-corrected chi connectivity index (χ3v) is 2.10. The minimum Gasteiger partial charge on any atom is -0.122 e. The molecular weight excluding hydrogens is 223 g/mol. The van der Waals surface area contributed by atoms with E-state index in [-0.39, 0.29) is 0 Å². The van der Waals surface area contributed by atoms with E-state index in [9.17, 15) is 0 Å². The fraction of sp³-hybridized carbons (Fsp3) is 0.778. The lowest BCUT2D eigenvalue weighted by molar-refractivity contribution is 0.899. The molecule has 0 saturated heterocycles. The van der Waals surface area contributed by atoms with Gasteiger partial charge in [-0.2, -0.15) is 0 Å². The van der Waals surface area contributed by atoms with Crippen molar-refractivity contribution in [3.8, 4) is 0 Å². The van der Waals surface area contributed by atoms with E-state index in [1.165, 1.54) is 12.0 Å². The highest BCUT2D eigenvalue weighted by molar-refractivity contribution is 9.09. The highest BCUT2D eigenvalue weighted by Crippen LogP contribution is 2.14. The van der Waals surface area contributed by atoms with Crippen molar-refractivity contribution < 1.29 is 0 Å². The fourth-order valence-electron chi connectivity index (χ4n) is 0.902. The van der Waals surface area contributed by atoms with E-state index in [4.69, 9.17) is 11.6 Å². The topological polar surface area (TPSA) is 0 Å². The molecule has 0 N–H and O–H groups in total. The van der Waals surface area contributed by atoms with E-state index >= 15 is 0 Å². The van der Waals surface area contributed by atoms with Crippen molar-refractivity contribution in [1.82, 2.24) is 0 Å². The second kappa shape index (κ2) is 7.17. The summed E-state index contributed by atoms with van der Waals surface area (Å²) >= 11 is 9.27. The largest absolute Gasteiger partial charge is 0.122 e. The zero-order valence-electron chi connectivity index (χ0n) is 7.24. The second-order valence-electron chi connectivity index (χ2n) is 2.77. The standard InChI is InChI=1S/C9H16BrCl/c1-3-4-5-9(7-11)6-8(2)10/h5,8H,3-4,6-7H2,1-2H3/b9-5+. The van der Waals surface area contributed by atoms with Gasteiger partial charge in [0.1, 0.15) is 0 Å². The Morgan fingerprint density at radius 2 is 2.27 bits per heavy atom. The average molecular weight is 240 g/mol. The number of allylic oxidation sites excluding steroid dienone is 2. The van der Waals surface area contributed by atoms with Crippen LogP contribution in [0.4, 0.5) is 0 Å². The molecule has 0 fully saturated rings. The summed E-state index contributed by atoms with van der Waals surface area (Å²) in [6.45, 7) is 4.33. The van der Waals surface area contributed by atoms with Gasteiger partial charge in [-0.15, -0.1) is 11.6 Å². The molecule has 0 rings (SSSR count). The van der Waals surface area contributed by atoms with Gasteiger partial charge in [0.05, 0.1) is 0 Å². The minimum absolute atomic E-state index is 0.546. The molecule has 0 aliphatic rings. The predicted molar refractivity (Wildman–Crippen MR) is 56.7 cm³/mol. The summed E-state index contributed by atoms with van der Waals surface area (Å²) in [6, 6.07) is 0. The summed E-state index contributed by atoms with van der Waals surface area (Å²) in [5.41, 5.74) is 1.36. The van der Waals surface area contributed by atoms with Crippen LogP contribution in [-0.2, 0) is 0 Å². The highest BCUT2D eigenvalue weighted by atomic mass is 79.9. The van der Waals surface area contributed by atoms with Crippen LogP contribution in [0.2, 0.25) is 0 Å². The minimum atomic E-state index is 0.546. The van der Waals surface area contributed by atoms with Gasteiger partial charge < -0.3 is 0 Å². The van der Waals surface area contributed by atoms with E-state index in [0.29, 0.717) is 10.7 Å². The Labute approximate surface area is 83.1 Å². The number of alkyl halides is 2. The zero-order valence-corrected chi connectivity index (χ0v) is 9.58. The average Bonchev–Trinajstić information content (AvgIpc) is 1.97. The molecule has 0 saturated carbocycles. The van der Waals surface area contributed by atoms with Gasteiger partial charge >= 0.3 is 0 Å². The molecule has 0 radical (unpaired) electrons. The van der Waals surface area contributed by atoms with Gasteiger partial charge in [0.25, 0.3) is 0 Å². The van der Waals surface area contributed by atoms with Gasteiger partial charge in [-0.3, -0.25) is 0 Å². The van der Waals surface area contributed by atoms with Crippen molar-refractivity contribution in [1.29, 1.82) is 0 Å². The molecule has 0 amide bonds. The number of hydrogen-bond acceptors (Lipinski definition) is 0. The molecule has 0 heterocycles. The number of halogens is 2. The van der Waals surface area contributed by atoms with Crippen molar-refractivity contribution in [2.75, 3.05) is 5.88 Å². The molecule has 0 nitrogen and oxygen atoms in total. The predicted octanol–water partition coefficient (Wildman–Crippen LogP) is 4.13. The lowest BCUT2D eigenvalue weighted by atomic mass is 10.1. The molecule has 0 aromatic carbocycles. The first kappa shape index (κ1) is 11.5. The normalized spacial score (nSPS) is 15.1. The molecule has 0 bridgehead atoms. The van der Waals surface area contributed by atoms with Crippen LogP contribution in [0.1, 0.15) is 33.1 Å². The summed E-state index contributed by atoms with van der Waals surface area (Å²) in [7, 11) is 0. The summed E-state index contributed by atoms with van der Waals surface area (Å²) in [5, 5.41) is 0. The maximum absolute atomic E-state index is 5.76. The van der Waals surface area contributed by atoms with Crippen LogP contribution in [0.3, 0.4) is 0 Å². The van der Waals surface area contributed by atoms with Crippen LogP contribution in [-0.4, -0.2) is 10.7 Å². The van der Waals surface area contributed by atoms with Gasteiger partial charge in [0.2, 0.25) is 0 Å². The van der Waals surface area contributed by atoms with Crippen molar-refractivity contribution in [2.24, 2.45) is 0 Å². The monoisotopic (exact) mass is 238 g/mol. The lowest BCUT2D eigenvalue weighted by Gasteiger charge is -2.04. The van der Waals surface area contributed by atoms with Crippen molar-refractivity contribution in [3.05, 3.63) is 11.6 Å². The first-order chi connectivity index (χ1) is 5.20. The second-order valence-corrected chi connectivity index (χ2v) is 4.60. The zero-order chi connectivity index (χ0) is 8.69. The molecular formula is C9H16BrCl. The third kappa shape index (κ3) is 6.89. The first-order valence-electron chi connectivity index (χ1n) is 4.08. The quantitative estimate of drug-likeness (QED) is 0.500. The smallest absolute Gasteiger partial charge is 0.0433 e. The Balaban J connectivity index is 3.73. The molecule has 1 unspecified atom stereocenters. The summed E-state index contributed by atoms with van der Waals surface area (Å²) in [5.74, 6) is 0.677. The Morgan fingerprint density at radius 1 is 1.64 bits per heavy atom. The SMILES string of the molecule is CCC/C=C(/CCl)CC(C)Br. The van der Waals surface area contributed by atoms with Crippen LogP contribution in [0.15, 0.2) is 11.6 Å². The van der Waals surface area contributed by atoms with E-state index in [1.54, 1.807) is 0 Å². The number of rotatable bonds is 5. The molecule has 0 aromatic rings. The third-order valence-electron chi connectivity index (χ3n) is 1.44. The summed E-state index contributed by atoms with van der Waals surface area (Å²) < 4.78 is 0. The summed E-state index contributed by atoms with van der Waals surface area (Å²) in [4.78, 5) is 0.546. The molecule has 0 spiro atoms. The fourth-order valence-corrected chi connectivity index (χ4v) is 1.54. The molecule has 0 aliphatic heterocycles. The van der Waals surface area contributed by atoms with Crippen molar-refractivity contribution >= 4 is 27.5 Å². The molecule has 66 valence electrons. The van der Waals surface area contributed by atoms with E-state index in [1.807, 2.05) is 0 Å². The molecule has 1 atom stereocenters. The molecule has 11 heavy (non-hydrogen) atoms. The van der Waals surface area contributed by atoms with Crippen LogP contribution in [0.25, 0.3) is 0 Å².